The number of anilines is 1. The quantitative estimate of drug-likeness (QED) is 0.820. The van der Waals surface area contributed by atoms with Crippen LogP contribution in [-0.2, 0) is 14.3 Å². The monoisotopic (exact) mass is 302 g/mol. The van der Waals surface area contributed by atoms with Crippen molar-refractivity contribution < 1.29 is 19.1 Å². The molecule has 1 amide bonds. The maximum atomic E-state index is 11.8. The number of hydrogen-bond acceptors (Lipinski definition) is 5. The van der Waals surface area contributed by atoms with Crippen LogP contribution in [-0.4, -0.2) is 31.6 Å². The second-order valence-corrected chi connectivity index (χ2v) is 4.80. The zero-order valence-electron chi connectivity index (χ0n) is 12.5. The van der Waals surface area contributed by atoms with Crippen LogP contribution < -0.4 is 15.8 Å². The van der Waals surface area contributed by atoms with E-state index in [0.717, 1.165) is 10.8 Å². The van der Waals surface area contributed by atoms with E-state index in [2.05, 4.69) is 10.1 Å². The average molecular weight is 302 g/mol. The Morgan fingerprint density at radius 3 is 2.50 bits per heavy atom. The predicted molar refractivity (Wildman–Crippen MR) is 83.7 cm³/mol. The van der Waals surface area contributed by atoms with E-state index < -0.39 is 12.0 Å². The highest BCUT2D eigenvalue weighted by atomic mass is 16.6. The van der Waals surface area contributed by atoms with Gasteiger partial charge in [-0.05, 0) is 19.1 Å². The minimum absolute atomic E-state index is 0.175. The van der Waals surface area contributed by atoms with E-state index >= 15 is 0 Å². The van der Waals surface area contributed by atoms with Crippen molar-refractivity contribution in [1.29, 1.82) is 0 Å². The van der Waals surface area contributed by atoms with Crippen molar-refractivity contribution in [2.75, 3.05) is 19.0 Å². The molecule has 0 unspecified atom stereocenters. The van der Waals surface area contributed by atoms with Crippen LogP contribution in [0, 0.1) is 0 Å². The summed E-state index contributed by atoms with van der Waals surface area (Å²) in [6.45, 7) is 1.44. The molecule has 0 bridgehead atoms. The number of carbonyl (C=O) groups excluding carboxylic acids is 2. The largest absolute Gasteiger partial charge is 0.481 e. The van der Waals surface area contributed by atoms with Gasteiger partial charge in [-0.3, -0.25) is 4.79 Å². The first-order chi connectivity index (χ1) is 10.5. The summed E-state index contributed by atoms with van der Waals surface area (Å²) in [6, 6.07) is 10.2. The van der Waals surface area contributed by atoms with Gasteiger partial charge in [0.1, 0.15) is 5.75 Å². The number of rotatable bonds is 5. The number of methoxy groups -OCH3 is 1. The van der Waals surface area contributed by atoms with Crippen molar-refractivity contribution in [2.45, 2.75) is 13.0 Å². The Morgan fingerprint density at radius 2 is 1.86 bits per heavy atom. The van der Waals surface area contributed by atoms with Gasteiger partial charge in [0.15, 0.2) is 6.61 Å². The highest BCUT2D eigenvalue weighted by Crippen LogP contribution is 2.31. The topological polar surface area (TPSA) is 90.6 Å². The van der Waals surface area contributed by atoms with Crippen molar-refractivity contribution in [3.05, 3.63) is 36.4 Å². The van der Waals surface area contributed by atoms with Gasteiger partial charge in [-0.2, -0.15) is 0 Å². The number of nitrogens with one attached hydrogen (secondary N) is 1. The standard InChI is InChI=1S/C16H18N2O4/c1-10(17)16(20)18-13-7-8-14(22-9-15(19)21-2)12-6-4-3-5-11(12)13/h3-8,10H,9,17H2,1-2H3,(H,18,20)/t10-/m0/s1. The lowest BCUT2D eigenvalue weighted by Gasteiger charge is -2.14. The number of ether oxygens (including phenoxy) is 2. The summed E-state index contributed by atoms with van der Waals surface area (Å²) in [5, 5.41) is 4.37. The molecular weight excluding hydrogens is 284 g/mol. The van der Waals surface area contributed by atoms with Crippen LogP contribution in [0.3, 0.4) is 0 Å². The third-order valence-electron chi connectivity index (χ3n) is 3.13. The summed E-state index contributed by atoms with van der Waals surface area (Å²) in [4.78, 5) is 23.0. The molecule has 0 aliphatic carbocycles. The molecule has 3 N–H and O–H groups in total. The van der Waals surface area contributed by atoms with Crippen molar-refractivity contribution in [3.8, 4) is 5.75 Å². The molecule has 6 heteroatoms. The smallest absolute Gasteiger partial charge is 0.343 e. The molecule has 2 aromatic carbocycles. The minimum atomic E-state index is -0.603. The third-order valence-corrected chi connectivity index (χ3v) is 3.13. The van der Waals surface area contributed by atoms with E-state index in [1.165, 1.54) is 7.11 Å². The van der Waals surface area contributed by atoms with Gasteiger partial charge in [0, 0.05) is 16.5 Å². The predicted octanol–water partition coefficient (Wildman–Crippen LogP) is 1.68. The lowest BCUT2D eigenvalue weighted by molar-refractivity contribution is -0.142. The molecule has 22 heavy (non-hydrogen) atoms. The van der Waals surface area contributed by atoms with Crippen LogP contribution in [0.5, 0.6) is 5.75 Å². The van der Waals surface area contributed by atoms with Crippen LogP contribution in [0.15, 0.2) is 36.4 Å². The number of benzene rings is 2. The van der Waals surface area contributed by atoms with Gasteiger partial charge in [-0.15, -0.1) is 0 Å². The van der Waals surface area contributed by atoms with E-state index in [0.29, 0.717) is 11.4 Å². The van der Waals surface area contributed by atoms with Gasteiger partial charge < -0.3 is 20.5 Å². The lowest BCUT2D eigenvalue weighted by atomic mass is 10.1. The fraction of sp³-hybridized carbons (Fsp3) is 0.250. The lowest BCUT2D eigenvalue weighted by Crippen LogP contribution is -2.32. The van der Waals surface area contributed by atoms with E-state index in [-0.39, 0.29) is 12.5 Å². The number of nitrogens with two attached hydrogens (primary N) is 1. The minimum Gasteiger partial charge on any atom is -0.481 e. The van der Waals surface area contributed by atoms with Gasteiger partial charge in [0.05, 0.1) is 13.2 Å². The molecule has 0 radical (unpaired) electrons. The molecule has 0 aromatic heterocycles. The number of amides is 1. The summed E-state index contributed by atoms with van der Waals surface area (Å²) in [5.74, 6) is -0.188. The molecule has 116 valence electrons. The second kappa shape index (κ2) is 6.91. The highest BCUT2D eigenvalue weighted by molar-refractivity contribution is 6.05. The van der Waals surface area contributed by atoms with Crippen molar-refractivity contribution >= 4 is 28.3 Å². The Balaban J connectivity index is 2.34. The summed E-state index contributed by atoms with van der Waals surface area (Å²) < 4.78 is 10.0. The first-order valence-electron chi connectivity index (χ1n) is 6.80. The van der Waals surface area contributed by atoms with Gasteiger partial charge in [0.25, 0.3) is 0 Å². The first kappa shape index (κ1) is 15.8. The summed E-state index contributed by atoms with van der Waals surface area (Å²) >= 11 is 0. The fourth-order valence-electron chi connectivity index (χ4n) is 1.95. The zero-order chi connectivity index (χ0) is 16.1. The molecule has 0 aliphatic rings. The Labute approximate surface area is 128 Å². The molecule has 0 heterocycles. The number of hydrogen-bond donors (Lipinski definition) is 2. The SMILES string of the molecule is COC(=O)COc1ccc(NC(=O)[C@H](C)N)c2ccccc12. The van der Waals surface area contributed by atoms with Gasteiger partial charge in [-0.25, -0.2) is 4.79 Å². The van der Waals surface area contributed by atoms with Gasteiger partial charge in [-0.1, -0.05) is 24.3 Å². The van der Waals surface area contributed by atoms with Crippen LogP contribution in [0.4, 0.5) is 5.69 Å². The van der Waals surface area contributed by atoms with Crippen LogP contribution in [0.25, 0.3) is 10.8 Å². The van der Waals surface area contributed by atoms with Crippen molar-refractivity contribution in [1.82, 2.24) is 0 Å². The van der Waals surface area contributed by atoms with Crippen molar-refractivity contribution in [3.63, 3.8) is 0 Å². The Bertz CT molecular complexity index is 698. The molecule has 2 aromatic rings. The summed E-state index contributed by atoms with van der Waals surface area (Å²) in [6.07, 6.45) is 0. The van der Waals surface area contributed by atoms with Crippen LogP contribution in [0.1, 0.15) is 6.92 Å². The second-order valence-electron chi connectivity index (χ2n) is 4.80. The molecule has 0 aliphatic heterocycles. The van der Waals surface area contributed by atoms with Gasteiger partial charge in [0.2, 0.25) is 5.91 Å². The average Bonchev–Trinajstić information content (AvgIpc) is 2.53. The molecule has 1 atom stereocenters. The third kappa shape index (κ3) is 3.53. The Hall–Kier alpha value is -2.60. The van der Waals surface area contributed by atoms with Crippen LogP contribution >= 0.6 is 0 Å². The summed E-state index contributed by atoms with van der Waals surface area (Å²) in [7, 11) is 1.30. The zero-order valence-corrected chi connectivity index (χ0v) is 12.5. The van der Waals surface area contributed by atoms with E-state index in [9.17, 15) is 9.59 Å². The highest BCUT2D eigenvalue weighted by Gasteiger charge is 2.12. The molecule has 0 saturated heterocycles. The molecule has 0 saturated carbocycles. The molecule has 0 spiro atoms. The van der Waals surface area contributed by atoms with E-state index in [1.807, 2.05) is 24.3 Å². The maximum absolute atomic E-state index is 11.8. The number of carbonyl (C=O) groups is 2. The Kier molecular flexibility index (Phi) is 4.95. The normalized spacial score (nSPS) is 11.8. The maximum Gasteiger partial charge on any atom is 0.343 e. The summed E-state index contributed by atoms with van der Waals surface area (Å²) in [5.41, 5.74) is 6.21. The van der Waals surface area contributed by atoms with Crippen LogP contribution in [0.2, 0.25) is 0 Å². The van der Waals surface area contributed by atoms with Crippen molar-refractivity contribution in [2.24, 2.45) is 5.73 Å². The van der Waals surface area contributed by atoms with Gasteiger partial charge >= 0.3 is 5.97 Å². The number of fused-ring (bicyclic) bond motifs is 1. The first-order valence-corrected chi connectivity index (χ1v) is 6.80. The molecule has 2 rings (SSSR count). The molecule has 0 fully saturated rings. The Morgan fingerprint density at radius 1 is 1.18 bits per heavy atom. The number of esters is 1. The molecular formula is C16H18N2O4. The van der Waals surface area contributed by atoms with E-state index in [1.54, 1.807) is 19.1 Å². The van der Waals surface area contributed by atoms with E-state index in [4.69, 9.17) is 10.5 Å². The fourth-order valence-corrected chi connectivity index (χ4v) is 1.95. The molecule has 6 nitrogen and oxygen atoms in total.